The Morgan fingerprint density at radius 1 is 1.50 bits per heavy atom. The molecule has 0 saturated carbocycles. The number of alkyl halides is 1. The summed E-state index contributed by atoms with van der Waals surface area (Å²) in [6.45, 7) is 0. The molecule has 0 heterocycles. The van der Waals surface area contributed by atoms with E-state index in [2.05, 4.69) is 17.5 Å². The van der Waals surface area contributed by atoms with Crippen molar-refractivity contribution < 1.29 is 0 Å². The van der Waals surface area contributed by atoms with Gasteiger partial charge >= 0.3 is 0 Å². The van der Waals surface area contributed by atoms with E-state index in [9.17, 15) is 0 Å². The summed E-state index contributed by atoms with van der Waals surface area (Å²) in [5, 5.41) is 2.72. The van der Waals surface area contributed by atoms with Crippen LogP contribution >= 0.6 is 57.6 Å². The fraction of sp³-hybridized carbons (Fsp3) is 0.333. The number of thiocarbonyl (C=S) groups is 2. The van der Waals surface area contributed by atoms with Crippen LogP contribution in [0, 0.1) is 0 Å². The van der Waals surface area contributed by atoms with Gasteiger partial charge in [0, 0.05) is 0 Å². The fourth-order valence-electron chi connectivity index (χ4n) is 0.163. The van der Waals surface area contributed by atoms with Crippen LogP contribution in [0.3, 0.4) is 0 Å². The van der Waals surface area contributed by atoms with Crippen molar-refractivity contribution in [2.24, 2.45) is 5.73 Å². The summed E-state index contributed by atoms with van der Waals surface area (Å²) in [5.41, 5.74) is 5.19. The highest BCUT2D eigenvalue weighted by atomic mass is 35.5. The van der Waals surface area contributed by atoms with Crippen LogP contribution in [0.25, 0.3) is 0 Å². The molecule has 0 spiro atoms. The van der Waals surface area contributed by atoms with Gasteiger partial charge in [-0.05, 0) is 21.6 Å². The van der Waals surface area contributed by atoms with E-state index in [0.29, 0.717) is 14.6 Å². The minimum Gasteiger partial charge on any atom is -0.384 e. The molecule has 3 N–H and O–H groups in total. The standard InChI is InChI=1S/C3H5ClN2S4/c4-1-6-3(8)10-9-2(5)7/h1H2,(H2,5,7)(H,6,8). The van der Waals surface area contributed by atoms with E-state index in [4.69, 9.17) is 29.6 Å². The van der Waals surface area contributed by atoms with Gasteiger partial charge < -0.3 is 11.1 Å². The zero-order valence-corrected chi connectivity index (χ0v) is 8.82. The van der Waals surface area contributed by atoms with Gasteiger partial charge in [-0.3, -0.25) is 0 Å². The molecule has 0 aliphatic heterocycles. The summed E-state index contributed by atoms with van der Waals surface area (Å²) >= 11 is 14.7. The second kappa shape index (κ2) is 6.48. The topological polar surface area (TPSA) is 38.0 Å². The Bertz CT molecular complexity index is 138. The Labute approximate surface area is 83.0 Å². The lowest BCUT2D eigenvalue weighted by Gasteiger charge is -2.00. The van der Waals surface area contributed by atoms with Gasteiger partial charge in [0.05, 0.1) is 6.00 Å². The van der Waals surface area contributed by atoms with Crippen LogP contribution in [0.4, 0.5) is 0 Å². The number of hydrogen-bond donors (Lipinski definition) is 2. The molecule has 0 rings (SSSR count). The monoisotopic (exact) mass is 232 g/mol. The zero-order chi connectivity index (χ0) is 7.98. The van der Waals surface area contributed by atoms with Crippen LogP contribution in [0.15, 0.2) is 0 Å². The molecule has 0 aromatic rings. The fourth-order valence-corrected chi connectivity index (χ4v) is 2.08. The molecule has 0 bridgehead atoms. The molecule has 0 aliphatic carbocycles. The van der Waals surface area contributed by atoms with Crippen molar-refractivity contribution in [3.05, 3.63) is 0 Å². The molecule has 0 aromatic carbocycles. The van der Waals surface area contributed by atoms with E-state index < -0.39 is 0 Å². The molecule has 0 fully saturated rings. The number of nitrogens with one attached hydrogen (secondary N) is 1. The molecule has 0 atom stereocenters. The Hall–Kier alpha value is 0.770. The normalized spacial score (nSPS) is 8.90. The summed E-state index contributed by atoms with van der Waals surface area (Å²) in [6, 6.07) is 0.309. The maximum atomic E-state index is 5.33. The van der Waals surface area contributed by atoms with Gasteiger partial charge in [0.1, 0.15) is 8.64 Å². The van der Waals surface area contributed by atoms with Gasteiger partial charge in [-0.15, -0.1) is 11.6 Å². The van der Waals surface area contributed by atoms with Gasteiger partial charge in [0.2, 0.25) is 0 Å². The van der Waals surface area contributed by atoms with Crippen LogP contribution in [-0.4, -0.2) is 14.6 Å². The Morgan fingerprint density at radius 2 is 2.10 bits per heavy atom. The Kier molecular flexibility index (Phi) is 6.98. The van der Waals surface area contributed by atoms with E-state index in [1.807, 2.05) is 0 Å². The highest BCUT2D eigenvalue weighted by Gasteiger charge is 1.96. The van der Waals surface area contributed by atoms with Crippen molar-refractivity contribution in [1.82, 2.24) is 5.32 Å². The van der Waals surface area contributed by atoms with Gasteiger partial charge in [0.15, 0.2) is 0 Å². The van der Waals surface area contributed by atoms with E-state index in [1.54, 1.807) is 0 Å². The number of hydrogen-bond acceptors (Lipinski definition) is 4. The first-order valence-electron chi connectivity index (χ1n) is 2.14. The van der Waals surface area contributed by atoms with Crippen molar-refractivity contribution in [3.8, 4) is 0 Å². The molecule has 10 heavy (non-hydrogen) atoms. The number of rotatable bonds is 1. The Morgan fingerprint density at radius 3 is 2.50 bits per heavy atom. The van der Waals surface area contributed by atoms with E-state index in [-0.39, 0.29) is 0 Å². The summed E-state index contributed by atoms with van der Waals surface area (Å²) < 4.78 is 0.955. The number of halogens is 1. The highest BCUT2D eigenvalue weighted by Crippen LogP contribution is 2.21. The van der Waals surface area contributed by atoms with E-state index in [0.717, 1.165) is 0 Å². The molecule has 0 saturated heterocycles. The van der Waals surface area contributed by atoms with E-state index in [1.165, 1.54) is 21.6 Å². The van der Waals surface area contributed by atoms with Gasteiger partial charge in [0.25, 0.3) is 0 Å². The molecule has 58 valence electrons. The molecular weight excluding hydrogens is 228 g/mol. The summed E-state index contributed by atoms with van der Waals surface area (Å²) in [7, 11) is 2.54. The average Bonchev–Trinajstić information content (AvgIpc) is 1.85. The first kappa shape index (κ1) is 10.8. The van der Waals surface area contributed by atoms with Crippen LogP contribution < -0.4 is 11.1 Å². The Balaban J connectivity index is 3.30. The molecule has 0 aliphatic rings. The summed E-state index contributed by atoms with van der Waals surface area (Å²) in [5.74, 6) is 0. The second-order valence-corrected chi connectivity index (χ2v) is 4.90. The highest BCUT2D eigenvalue weighted by molar-refractivity contribution is 8.89. The minimum absolute atomic E-state index is 0.309. The van der Waals surface area contributed by atoms with Crippen molar-refractivity contribution >= 4 is 66.3 Å². The number of nitrogens with two attached hydrogens (primary N) is 1. The van der Waals surface area contributed by atoms with Crippen molar-refractivity contribution in [3.63, 3.8) is 0 Å². The average molecular weight is 233 g/mol. The van der Waals surface area contributed by atoms with Crippen LogP contribution in [-0.2, 0) is 0 Å². The third kappa shape index (κ3) is 6.88. The molecule has 2 nitrogen and oxygen atoms in total. The molecule has 0 amide bonds. The summed E-state index contributed by atoms with van der Waals surface area (Å²) in [6.07, 6.45) is 0. The largest absolute Gasteiger partial charge is 0.384 e. The molecule has 0 aromatic heterocycles. The first-order chi connectivity index (χ1) is 4.66. The lowest BCUT2D eigenvalue weighted by molar-refractivity contribution is 1.17. The smallest absolute Gasteiger partial charge is 0.145 e. The summed E-state index contributed by atoms with van der Waals surface area (Å²) in [4.78, 5) is 0. The second-order valence-electron chi connectivity index (χ2n) is 1.08. The predicted octanol–water partition coefficient (Wildman–Crippen LogP) is 1.68. The maximum Gasteiger partial charge on any atom is 0.145 e. The SMILES string of the molecule is NC(=S)SSC(=S)NCCl. The van der Waals surface area contributed by atoms with Crippen LogP contribution in [0.2, 0.25) is 0 Å². The maximum absolute atomic E-state index is 5.33. The zero-order valence-electron chi connectivity index (χ0n) is 4.80. The lowest BCUT2D eigenvalue weighted by atomic mass is 11.2. The third-order valence-electron chi connectivity index (χ3n) is 0.411. The predicted molar refractivity (Wildman–Crippen MR) is 58.4 cm³/mol. The van der Waals surface area contributed by atoms with Gasteiger partial charge in [-0.1, -0.05) is 24.4 Å². The third-order valence-corrected chi connectivity index (χ3v) is 3.65. The van der Waals surface area contributed by atoms with Gasteiger partial charge in [-0.25, -0.2) is 0 Å². The van der Waals surface area contributed by atoms with E-state index >= 15 is 0 Å². The van der Waals surface area contributed by atoms with Gasteiger partial charge in [-0.2, -0.15) is 0 Å². The molecule has 0 unspecified atom stereocenters. The van der Waals surface area contributed by atoms with Crippen LogP contribution in [0.5, 0.6) is 0 Å². The first-order valence-corrected chi connectivity index (χ1v) is 5.64. The van der Waals surface area contributed by atoms with Crippen molar-refractivity contribution in [2.75, 3.05) is 6.00 Å². The van der Waals surface area contributed by atoms with Crippen molar-refractivity contribution in [1.29, 1.82) is 0 Å². The lowest BCUT2D eigenvalue weighted by Crippen LogP contribution is -2.15. The van der Waals surface area contributed by atoms with Crippen molar-refractivity contribution in [2.45, 2.75) is 0 Å². The molecule has 7 heteroatoms. The molecular formula is C3H5ClN2S4. The van der Waals surface area contributed by atoms with Crippen LogP contribution in [0.1, 0.15) is 0 Å². The molecule has 0 radical (unpaired) electrons. The minimum atomic E-state index is 0.309. The quantitative estimate of drug-likeness (QED) is 0.310.